The van der Waals surface area contributed by atoms with Crippen molar-refractivity contribution in [3.63, 3.8) is 0 Å². The average molecular weight is 355 g/mol. The molecule has 0 spiro atoms. The van der Waals surface area contributed by atoms with Gasteiger partial charge in [-0.15, -0.1) is 5.10 Å². The first-order valence-corrected chi connectivity index (χ1v) is 8.73. The second kappa shape index (κ2) is 7.59. The van der Waals surface area contributed by atoms with Crippen LogP contribution in [0.2, 0.25) is 0 Å². The van der Waals surface area contributed by atoms with Crippen LogP contribution in [-0.2, 0) is 6.54 Å². The maximum Gasteiger partial charge on any atom is 0.257 e. The Bertz CT molecular complexity index is 937. The molecule has 6 nitrogen and oxygen atoms in total. The minimum absolute atomic E-state index is 0.0671. The van der Waals surface area contributed by atoms with Gasteiger partial charge in [-0.1, -0.05) is 25.5 Å². The van der Waals surface area contributed by atoms with Gasteiger partial charge in [0.2, 0.25) is 0 Å². The molecular weight excluding hydrogens is 333 g/mol. The van der Waals surface area contributed by atoms with E-state index in [1.165, 1.54) is 12.1 Å². The van der Waals surface area contributed by atoms with Crippen LogP contribution in [0.1, 0.15) is 47.3 Å². The Kier molecular flexibility index (Phi) is 5.25. The second-order valence-corrected chi connectivity index (χ2v) is 6.34. The third kappa shape index (κ3) is 3.71. The van der Waals surface area contributed by atoms with Gasteiger partial charge in [0.05, 0.1) is 12.1 Å². The molecule has 0 unspecified atom stereocenters. The van der Waals surface area contributed by atoms with Crippen molar-refractivity contribution in [3.8, 4) is 0 Å². The van der Waals surface area contributed by atoms with E-state index in [1.807, 2.05) is 26.8 Å². The molecule has 3 rings (SSSR count). The van der Waals surface area contributed by atoms with E-state index in [1.54, 1.807) is 21.5 Å². The van der Waals surface area contributed by atoms with Crippen LogP contribution in [-0.4, -0.2) is 36.9 Å². The first-order chi connectivity index (χ1) is 12.5. The van der Waals surface area contributed by atoms with Crippen molar-refractivity contribution in [3.05, 3.63) is 58.9 Å². The quantitative estimate of drug-likeness (QED) is 0.680. The first-order valence-electron chi connectivity index (χ1n) is 8.73. The van der Waals surface area contributed by atoms with Crippen molar-refractivity contribution in [2.45, 2.75) is 40.2 Å². The van der Waals surface area contributed by atoms with Crippen molar-refractivity contribution in [2.75, 3.05) is 6.54 Å². The lowest BCUT2D eigenvalue weighted by molar-refractivity contribution is 0.0731. The Hall–Kier alpha value is -2.83. The van der Waals surface area contributed by atoms with Gasteiger partial charge in [0.1, 0.15) is 5.82 Å². The fraction of sp³-hybridized carbons (Fsp3) is 0.368. The number of carbonyl (C=O) groups is 1. The number of aryl methyl sites for hydroxylation is 2. The van der Waals surface area contributed by atoms with E-state index >= 15 is 0 Å². The minimum atomic E-state index is -0.518. The zero-order chi connectivity index (χ0) is 18.7. The molecule has 0 saturated carbocycles. The fourth-order valence-electron chi connectivity index (χ4n) is 2.85. The Balaban J connectivity index is 1.90. The van der Waals surface area contributed by atoms with Crippen molar-refractivity contribution in [1.29, 1.82) is 0 Å². The van der Waals surface area contributed by atoms with Crippen LogP contribution in [0.4, 0.5) is 4.39 Å². The van der Waals surface area contributed by atoms with Gasteiger partial charge in [-0.05, 0) is 38.5 Å². The van der Waals surface area contributed by atoms with Crippen LogP contribution in [0.3, 0.4) is 0 Å². The molecule has 2 heterocycles. The Morgan fingerprint density at radius 3 is 2.73 bits per heavy atom. The maximum atomic E-state index is 14.0. The molecule has 0 bridgehead atoms. The maximum absolute atomic E-state index is 14.0. The van der Waals surface area contributed by atoms with Crippen molar-refractivity contribution in [2.24, 2.45) is 0 Å². The standard InChI is InChI=1S/C19H22FN5O/c1-4-5-10-24(18(26)15-8-6-7-9-16(15)20)12-17-22-19-21-13(2)11-14(3)25(19)23-17/h6-9,11H,4-5,10,12H2,1-3H3. The highest BCUT2D eigenvalue weighted by molar-refractivity contribution is 5.94. The molecule has 0 aliphatic heterocycles. The first kappa shape index (κ1) is 18.0. The molecular formula is C19H22FN5O. The van der Waals surface area contributed by atoms with Gasteiger partial charge in [-0.3, -0.25) is 4.79 Å². The molecule has 0 saturated heterocycles. The second-order valence-electron chi connectivity index (χ2n) is 6.34. The van der Waals surface area contributed by atoms with E-state index < -0.39 is 5.82 Å². The normalized spacial score (nSPS) is 11.1. The topological polar surface area (TPSA) is 63.4 Å². The molecule has 7 heteroatoms. The van der Waals surface area contributed by atoms with Gasteiger partial charge in [-0.2, -0.15) is 4.98 Å². The number of benzene rings is 1. The Labute approximate surface area is 151 Å². The summed E-state index contributed by atoms with van der Waals surface area (Å²) >= 11 is 0. The number of aromatic nitrogens is 4. The van der Waals surface area contributed by atoms with Gasteiger partial charge in [-0.25, -0.2) is 13.9 Å². The summed E-state index contributed by atoms with van der Waals surface area (Å²) in [6, 6.07) is 7.95. The predicted octanol–water partition coefficient (Wildman–Crippen LogP) is 3.32. The van der Waals surface area contributed by atoms with Gasteiger partial charge in [0.15, 0.2) is 5.82 Å². The molecule has 2 aromatic heterocycles. The van der Waals surface area contributed by atoms with Gasteiger partial charge in [0, 0.05) is 17.9 Å². The molecule has 0 aliphatic carbocycles. The number of unbranched alkanes of at least 4 members (excludes halogenated alkanes) is 1. The Morgan fingerprint density at radius 1 is 1.23 bits per heavy atom. The molecule has 0 aliphatic rings. The predicted molar refractivity (Wildman–Crippen MR) is 96.3 cm³/mol. The molecule has 0 radical (unpaired) electrons. The van der Waals surface area contributed by atoms with E-state index in [4.69, 9.17) is 0 Å². The van der Waals surface area contributed by atoms with E-state index in [0.717, 1.165) is 24.2 Å². The third-order valence-corrected chi connectivity index (χ3v) is 4.17. The zero-order valence-electron chi connectivity index (χ0n) is 15.2. The summed E-state index contributed by atoms with van der Waals surface area (Å²) in [6.45, 7) is 6.61. The number of amides is 1. The summed E-state index contributed by atoms with van der Waals surface area (Å²) < 4.78 is 15.7. The summed E-state index contributed by atoms with van der Waals surface area (Å²) in [6.07, 6.45) is 1.75. The highest BCUT2D eigenvalue weighted by atomic mass is 19.1. The fourth-order valence-corrected chi connectivity index (χ4v) is 2.85. The average Bonchev–Trinajstić information content (AvgIpc) is 3.01. The van der Waals surface area contributed by atoms with E-state index in [0.29, 0.717) is 18.1 Å². The summed E-state index contributed by atoms with van der Waals surface area (Å²) in [7, 11) is 0. The minimum Gasteiger partial charge on any atom is -0.331 e. The van der Waals surface area contributed by atoms with Crippen LogP contribution in [0.5, 0.6) is 0 Å². The highest BCUT2D eigenvalue weighted by Gasteiger charge is 2.21. The van der Waals surface area contributed by atoms with Crippen LogP contribution in [0, 0.1) is 19.7 Å². The molecule has 26 heavy (non-hydrogen) atoms. The zero-order valence-corrected chi connectivity index (χ0v) is 15.2. The lowest BCUT2D eigenvalue weighted by Crippen LogP contribution is -2.32. The summed E-state index contributed by atoms with van der Waals surface area (Å²) in [5, 5.41) is 4.46. The Morgan fingerprint density at radius 2 is 2.00 bits per heavy atom. The molecule has 136 valence electrons. The molecule has 0 atom stereocenters. The highest BCUT2D eigenvalue weighted by Crippen LogP contribution is 2.14. The molecule has 0 fully saturated rings. The number of fused-ring (bicyclic) bond motifs is 1. The van der Waals surface area contributed by atoms with Gasteiger partial charge >= 0.3 is 0 Å². The summed E-state index contributed by atoms with van der Waals surface area (Å²) in [5.41, 5.74) is 1.85. The number of carbonyl (C=O) groups excluding carboxylic acids is 1. The van der Waals surface area contributed by atoms with Gasteiger partial charge < -0.3 is 4.90 Å². The lowest BCUT2D eigenvalue weighted by atomic mass is 10.1. The van der Waals surface area contributed by atoms with E-state index in [9.17, 15) is 9.18 Å². The molecule has 1 amide bonds. The van der Waals surface area contributed by atoms with Crippen LogP contribution in [0.15, 0.2) is 30.3 Å². The monoisotopic (exact) mass is 355 g/mol. The van der Waals surface area contributed by atoms with Crippen LogP contribution in [0.25, 0.3) is 5.78 Å². The SMILES string of the molecule is CCCCN(Cc1nc2nc(C)cc(C)n2n1)C(=O)c1ccccc1F. The number of rotatable bonds is 6. The van der Waals surface area contributed by atoms with Crippen LogP contribution < -0.4 is 0 Å². The van der Waals surface area contributed by atoms with Crippen LogP contribution >= 0.6 is 0 Å². The number of hydrogen-bond donors (Lipinski definition) is 0. The lowest BCUT2D eigenvalue weighted by Gasteiger charge is -2.21. The number of halogens is 1. The number of nitrogens with zero attached hydrogens (tertiary/aromatic N) is 5. The molecule has 3 aromatic rings. The van der Waals surface area contributed by atoms with E-state index in [2.05, 4.69) is 15.1 Å². The number of hydrogen-bond acceptors (Lipinski definition) is 4. The largest absolute Gasteiger partial charge is 0.331 e. The third-order valence-electron chi connectivity index (χ3n) is 4.17. The summed E-state index contributed by atoms with van der Waals surface area (Å²) in [5.74, 6) is 0.129. The van der Waals surface area contributed by atoms with Crippen molar-refractivity contribution < 1.29 is 9.18 Å². The van der Waals surface area contributed by atoms with Crippen molar-refractivity contribution >= 4 is 11.7 Å². The van der Waals surface area contributed by atoms with Crippen molar-refractivity contribution in [1.82, 2.24) is 24.5 Å². The molecule has 1 aromatic carbocycles. The molecule has 0 N–H and O–H groups in total. The van der Waals surface area contributed by atoms with Gasteiger partial charge in [0.25, 0.3) is 11.7 Å². The smallest absolute Gasteiger partial charge is 0.257 e. The summed E-state index contributed by atoms with van der Waals surface area (Å²) in [4.78, 5) is 23.2. The van der Waals surface area contributed by atoms with E-state index in [-0.39, 0.29) is 18.0 Å².